The second kappa shape index (κ2) is 4.96. The van der Waals surface area contributed by atoms with Gasteiger partial charge in [-0.3, -0.25) is 0 Å². The molecule has 1 aliphatic carbocycles. The minimum Gasteiger partial charge on any atom is -0.350 e. The zero-order chi connectivity index (χ0) is 14.1. The highest BCUT2D eigenvalue weighted by Crippen LogP contribution is 2.31. The van der Waals surface area contributed by atoms with Crippen molar-refractivity contribution in [1.82, 2.24) is 5.43 Å². The van der Waals surface area contributed by atoms with Gasteiger partial charge in [-0.05, 0) is 54.2 Å². The zero-order valence-electron chi connectivity index (χ0n) is 11.4. The van der Waals surface area contributed by atoms with Crippen LogP contribution in [0.3, 0.4) is 0 Å². The quantitative estimate of drug-likeness (QED) is 0.766. The Hall–Kier alpha value is -2.36. The molecule has 0 unspecified atom stereocenters. The van der Waals surface area contributed by atoms with Crippen LogP contribution in [0.5, 0.6) is 0 Å². The Morgan fingerprint density at radius 2 is 2.00 bits per heavy atom. The van der Waals surface area contributed by atoms with Crippen LogP contribution in [0, 0.1) is 6.92 Å². The van der Waals surface area contributed by atoms with Crippen LogP contribution in [-0.2, 0) is 6.42 Å². The third-order valence-corrected chi connectivity index (χ3v) is 3.82. The van der Waals surface area contributed by atoms with Crippen molar-refractivity contribution in [3.63, 3.8) is 0 Å². The molecule has 0 saturated carbocycles. The Morgan fingerprint density at radius 3 is 2.75 bits per heavy atom. The number of amides is 2. The summed E-state index contributed by atoms with van der Waals surface area (Å²) in [5.41, 5.74) is 12.1. The molecule has 2 aromatic rings. The Balaban J connectivity index is 2.19. The van der Waals surface area contributed by atoms with Gasteiger partial charge >= 0.3 is 6.03 Å². The number of rotatable bonds is 1. The number of fused-ring (bicyclic) bond motifs is 3. The lowest BCUT2D eigenvalue weighted by Crippen LogP contribution is -2.27. The van der Waals surface area contributed by atoms with Crippen LogP contribution in [0.25, 0.3) is 10.8 Å². The van der Waals surface area contributed by atoms with Gasteiger partial charge in [-0.25, -0.2) is 10.2 Å². The highest BCUT2D eigenvalue weighted by Gasteiger charge is 2.19. The first-order chi connectivity index (χ1) is 9.66. The monoisotopic (exact) mass is 267 g/mol. The smallest absolute Gasteiger partial charge is 0.332 e. The topological polar surface area (TPSA) is 67.5 Å². The summed E-state index contributed by atoms with van der Waals surface area (Å²) in [7, 11) is 0. The highest BCUT2D eigenvalue weighted by atomic mass is 16.2. The van der Waals surface area contributed by atoms with E-state index in [9.17, 15) is 4.79 Å². The van der Waals surface area contributed by atoms with E-state index in [1.807, 2.05) is 0 Å². The average molecular weight is 267 g/mol. The summed E-state index contributed by atoms with van der Waals surface area (Å²) in [5, 5.41) is 6.74. The summed E-state index contributed by atoms with van der Waals surface area (Å²) in [5.74, 6) is 0. The van der Waals surface area contributed by atoms with Crippen LogP contribution in [0.2, 0.25) is 0 Å². The molecular formula is C16H17N3O. The number of benzene rings is 2. The van der Waals surface area contributed by atoms with Gasteiger partial charge in [0.15, 0.2) is 0 Å². The van der Waals surface area contributed by atoms with Gasteiger partial charge in [-0.2, -0.15) is 5.10 Å². The van der Waals surface area contributed by atoms with Crippen LogP contribution in [-0.4, -0.2) is 11.7 Å². The first-order valence-electron chi connectivity index (χ1n) is 6.80. The second-order valence-electron chi connectivity index (χ2n) is 5.15. The van der Waals surface area contributed by atoms with E-state index in [1.54, 1.807) is 0 Å². The Labute approximate surface area is 117 Å². The molecule has 1 aliphatic rings. The normalized spacial score (nSPS) is 16.1. The molecule has 0 heterocycles. The SMILES string of the molecule is Cc1cc2c(c3ccccc13)CCC/C2=N\NC(N)=O. The third kappa shape index (κ3) is 2.13. The van der Waals surface area contributed by atoms with Crippen molar-refractivity contribution in [3.8, 4) is 0 Å². The molecular weight excluding hydrogens is 250 g/mol. The summed E-state index contributed by atoms with van der Waals surface area (Å²) in [6, 6.07) is 9.98. The fourth-order valence-electron chi connectivity index (χ4n) is 2.95. The van der Waals surface area contributed by atoms with Crippen molar-refractivity contribution < 1.29 is 4.79 Å². The van der Waals surface area contributed by atoms with Crippen LogP contribution >= 0.6 is 0 Å². The third-order valence-electron chi connectivity index (χ3n) is 3.82. The number of nitrogens with zero attached hydrogens (tertiary/aromatic N) is 1. The minimum absolute atomic E-state index is 0.623. The summed E-state index contributed by atoms with van der Waals surface area (Å²) < 4.78 is 0. The van der Waals surface area contributed by atoms with Crippen LogP contribution in [0.1, 0.15) is 29.5 Å². The van der Waals surface area contributed by atoms with Gasteiger partial charge in [0.1, 0.15) is 0 Å². The van der Waals surface area contributed by atoms with Crippen molar-refractivity contribution >= 4 is 22.5 Å². The van der Waals surface area contributed by atoms with Gasteiger partial charge in [0.2, 0.25) is 0 Å². The lowest BCUT2D eigenvalue weighted by Gasteiger charge is -2.21. The molecule has 20 heavy (non-hydrogen) atoms. The zero-order valence-corrected chi connectivity index (χ0v) is 11.4. The van der Waals surface area contributed by atoms with E-state index in [4.69, 9.17) is 5.73 Å². The number of carbonyl (C=O) groups excluding carboxylic acids is 1. The van der Waals surface area contributed by atoms with Crippen molar-refractivity contribution in [2.45, 2.75) is 26.2 Å². The molecule has 3 rings (SSSR count). The van der Waals surface area contributed by atoms with E-state index >= 15 is 0 Å². The summed E-state index contributed by atoms with van der Waals surface area (Å²) in [4.78, 5) is 10.8. The van der Waals surface area contributed by atoms with Gasteiger partial charge in [-0.15, -0.1) is 0 Å². The van der Waals surface area contributed by atoms with Gasteiger partial charge in [-0.1, -0.05) is 24.3 Å². The molecule has 4 nitrogen and oxygen atoms in total. The van der Waals surface area contributed by atoms with Crippen LogP contribution < -0.4 is 11.2 Å². The summed E-state index contributed by atoms with van der Waals surface area (Å²) in [6.07, 6.45) is 2.95. The Morgan fingerprint density at radius 1 is 1.25 bits per heavy atom. The van der Waals surface area contributed by atoms with E-state index in [1.165, 1.54) is 21.9 Å². The Bertz CT molecular complexity index is 719. The fourth-order valence-corrected chi connectivity index (χ4v) is 2.95. The lowest BCUT2D eigenvalue weighted by atomic mass is 9.85. The molecule has 2 aromatic carbocycles. The molecule has 0 saturated heterocycles. The number of primary amides is 1. The fraction of sp³-hybridized carbons (Fsp3) is 0.250. The highest BCUT2D eigenvalue weighted by molar-refractivity contribution is 6.07. The predicted molar refractivity (Wildman–Crippen MR) is 80.9 cm³/mol. The summed E-state index contributed by atoms with van der Waals surface area (Å²) in [6.45, 7) is 2.11. The summed E-state index contributed by atoms with van der Waals surface area (Å²) >= 11 is 0. The molecule has 0 spiro atoms. The van der Waals surface area contributed by atoms with E-state index in [0.717, 1.165) is 30.5 Å². The molecule has 3 N–H and O–H groups in total. The van der Waals surface area contributed by atoms with Crippen molar-refractivity contribution in [2.75, 3.05) is 0 Å². The molecule has 0 aliphatic heterocycles. The van der Waals surface area contributed by atoms with Crippen molar-refractivity contribution in [1.29, 1.82) is 0 Å². The maximum atomic E-state index is 10.8. The number of hydrogen-bond donors (Lipinski definition) is 2. The van der Waals surface area contributed by atoms with E-state index in [0.29, 0.717) is 0 Å². The van der Waals surface area contributed by atoms with Crippen LogP contribution in [0.15, 0.2) is 35.4 Å². The predicted octanol–water partition coefficient (Wildman–Crippen LogP) is 2.86. The number of hydrazone groups is 1. The number of carbonyl (C=O) groups is 1. The van der Waals surface area contributed by atoms with E-state index in [-0.39, 0.29) is 0 Å². The van der Waals surface area contributed by atoms with Gasteiger partial charge in [0, 0.05) is 5.56 Å². The maximum Gasteiger partial charge on any atom is 0.332 e. The number of urea groups is 1. The first-order valence-corrected chi connectivity index (χ1v) is 6.80. The van der Waals surface area contributed by atoms with Crippen LogP contribution in [0.4, 0.5) is 4.79 Å². The minimum atomic E-state index is -0.623. The molecule has 0 fully saturated rings. The van der Waals surface area contributed by atoms with Crippen molar-refractivity contribution in [2.24, 2.45) is 10.8 Å². The number of aryl methyl sites for hydroxylation is 2. The first kappa shape index (κ1) is 12.7. The molecule has 0 atom stereocenters. The van der Waals surface area contributed by atoms with E-state index < -0.39 is 6.03 Å². The maximum absolute atomic E-state index is 10.8. The second-order valence-corrected chi connectivity index (χ2v) is 5.15. The number of nitrogens with one attached hydrogen (secondary N) is 1. The number of nitrogens with two attached hydrogens (primary N) is 1. The van der Waals surface area contributed by atoms with Gasteiger partial charge in [0.05, 0.1) is 5.71 Å². The molecule has 102 valence electrons. The lowest BCUT2D eigenvalue weighted by molar-refractivity contribution is 0.249. The van der Waals surface area contributed by atoms with E-state index in [2.05, 4.69) is 47.8 Å². The van der Waals surface area contributed by atoms with Crippen molar-refractivity contribution in [3.05, 3.63) is 47.0 Å². The molecule has 0 bridgehead atoms. The average Bonchev–Trinajstić information content (AvgIpc) is 2.45. The molecule has 0 radical (unpaired) electrons. The van der Waals surface area contributed by atoms with Gasteiger partial charge in [0.25, 0.3) is 0 Å². The molecule has 0 aromatic heterocycles. The Kier molecular flexibility index (Phi) is 3.14. The largest absolute Gasteiger partial charge is 0.350 e. The van der Waals surface area contributed by atoms with Gasteiger partial charge < -0.3 is 5.73 Å². The molecule has 2 amide bonds. The number of hydrogen-bond acceptors (Lipinski definition) is 2. The standard InChI is InChI=1S/C16H17N3O/c1-10-9-14-13(12-6-3-2-5-11(10)12)7-4-8-15(14)18-19-16(17)20/h2-3,5-6,9H,4,7-8H2,1H3,(H3,17,19,20)/b18-15+. The molecule has 4 heteroatoms.